The topological polar surface area (TPSA) is 44.0 Å². The Kier molecular flexibility index (Phi) is 4.54. The van der Waals surface area contributed by atoms with Crippen molar-refractivity contribution in [2.75, 3.05) is 0 Å². The van der Waals surface area contributed by atoms with E-state index in [0.29, 0.717) is 15.6 Å². The molecule has 0 amide bonds. The summed E-state index contributed by atoms with van der Waals surface area (Å²) in [5, 5.41) is 23.0. The van der Waals surface area contributed by atoms with E-state index in [9.17, 15) is 10.4 Å². The van der Waals surface area contributed by atoms with Crippen LogP contribution in [0, 0.1) is 11.3 Å². The summed E-state index contributed by atoms with van der Waals surface area (Å²) in [6, 6.07) is 20.8. The van der Waals surface area contributed by atoms with Gasteiger partial charge in [0.25, 0.3) is 0 Å². The van der Waals surface area contributed by atoms with E-state index < -0.39 is 12.0 Å². The van der Waals surface area contributed by atoms with Gasteiger partial charge in [-0.1, -0.05) is 65.7 Å². The first-order chi connectivity index (χ1) is 11.1. The Morgan fingerprint density at radius 1 is 0.870 bits per heavy atom. The first-order valence-electron chi connectivity index (χ1n) is 7.12. The number of aliphatic hydroxyl groups excluding tert-OH is 1. The SMILES string of the molecule is N#C[C@@H](c1ccc2ccccc2c1)[C@H](O)c1c(Cl)cccc1Cl. The molecule has 0 saturated carbocycles. The van der Waals surface area contributed by atoms with E-state index in [2.05, 4.69) is 6.07 Å². The lowest BCUT2D eigenvalue weighted by Gasteiger charge is -2.20. The lowest BCUT2D eigenvalue weighted by Crippen LogP contribution is -2.10. The zero-order valence-corrected chi connectivity index (χ0v) is 13.6. The van der Waals surface area contributed by atoms with E-state index in [1.807, 2.05) is 42.5 Å². The number of rotatable bonds is 3. The number of fused-ring (bicyclic) bond motifs is 1. The molecule has 0 heterocycles. The third-order valence-electron chi connectivity index (χ3n) is 3.88. The summed E-state index contributed by atoms with van der Waals surface area (Å²) in [4.78, 5) is 0. The highest BCUT2D eigenvalue weighted by molar-refractivity contribution is 6.36. The zero-order valence-electron chi connectivity index (χ0n) is 12.1. The van der Waals surface area contributed by atoms with E-state index in [0.717, 1.165) is 16.3 Å². The predicted octanol–water partition coefficient (Wildman–Crippen LogP) is 5.49. The van der Waals surface area contributed by atoms with Gasteiger partial charge in [0.05, 0.1) is 6.07 Å². The van der Waals surface area contributed by atoms with Crippen molar-refractivity contribution in [1.29, 1.82) is 5.26 Å². The first kappa shape index (κ1) is 15.8. The van der Waals surface area contributed by atoms with E-state index in [1.54, 1.807) is 18.2 Å². The van der Waals surface area contributed by atoms with Crippen molar-refractivity contribution in [1.82, 2.24) is 0 Å². The number of nitrogens with zero attached hydrogens (tertiary/aromatic N) is 1. The van der Waals surface area contributed by atoms with Crippen molar-refractivity contribution in [3.8, 4) is 6.07 Å². The number of nitriles is 1. The van der Waals surface area contributed by atoms with Crippen molar-refractivity contribution < 1.29 is 5.11 Å². The Morgan fingerprint density at radius 2 is 1.52 bits per heavy atom. The molecule has 3 aromatic carbocycles. The maximum absolute atomic E-state index is 10.7. The first-order valence-corrected chi connectivity index (χ1v) is 7.87. The molecule has 0 aliphatic carbocycles. The molecule has 3 aromatic rings. The lowest BCUT2D eigenvalue weighted by molar-refractivity contribution is 0.164. The Hall–Kier alpha value is -2.05. The Bertz CT molecular complexity index is 881. The highest BCUT2D eigenvalue weighted by atomic mass is 35.5. The molecule has 2 nitrogen and oxygen atoms in total. The standard InChI is InChI=1S/C19H13Cl2NO/c20-16-6-3-7-17(21)18(16)19(23)15(11-22)14-9-8-12-4-1-2-5-13(12)10-14/h1-10,15,19,23H/t15-,19-/m0/s1. The molecule has 0 aromatic heterocycles. The number of halogens is 2. The van der Waals surface area contributed by atoms with Crippen molar-refractivity contribution >= 4 is 34.0 Å². The molecule has 0 fully saturated rings. The second-order valence-corrected chi connectivity index (χ2v) is 6.11. The lowest BCUT2D eigenvalue weighted by atomic mass is 9.89. The third-order valence-corrected chi connectivity index (χ3v) is 4.54. The van der Waals surface area contributed by atoms with E-state index >= 15 is 0 Å². The average molecular weight is 342 g/mol. The van der Waals surface area contributed by atoms with Gasteiger partial charge in [-0.25, -0.2) is 0 Å². The summed E-state index contributed by atoms with van der Waals surface area (Å²) in [7, 11) is 0. The Balaban J connectivity index is 2.06. The van der Waals surface area contributed by atoms with Crippen LogP contribution >= 0.6 is 23.2 Å². The van der Waals surface area contributed by atoms with Crippen LogP contribution in [-0.4, -0.2) is 5.11 Å². The normalized spacial score (nSPS) is 13.5. The minimum Gasteiger partial charge on any atom is -0.387 e. The van der Waals surface area contributed by atoms with Crippen molar-refractivity contribution in [2.24, 2.45) is 0 Å². The maximum atomic E-state index is 10.7. The summed E-state index contributed by atoms with van der Waals surface area (Å²) in [6.07, 6.45) is -1.10. The smallest absolute Gasteiger partial charge is 0.102 e. The predicted molar refractivity (Wildman–Crippen MR) is 93.7 cm³/mol. The molecular formula is C19H13Cl2NO. The van der Waals surface area contributed by atoms with E-state index in [4.69, 9.17) is 23.2 Å². The minimum absolute atomic E-state index is 0.353. The molecule has 3 rings (SSSR count). The molecule has 0 saturated heterocycles. The minimum atomic E-state index is -1.10. The second-order valence-electron chi connectivity index (χ2n) is 5.29. The van der Waals surface area contributed by atoms with Crippen LogP contribution in [0.2, 0.25) is 10.0 Å². The van der Waals surface area contributed by atoms with Crippen LogP contribution in [0.3, 0.4) is 0 Å². The fraction of sp³-hybridized carbons (Fsp3) is 0.105. The highest BCUT2D eigenvalue weighted by Gasteiger charge is 2.26. The summed E-state index contributed by atoms with van der Waals surface area (Å²) in [6.45, 7) is 0. The van der Waals surface area contributed by atoms with Gasteiger partial charge in [0.15, 0.2) is 0 Å². The number of aliphatic hydroxyl groups is 1. The average Bonchev–Trinajstić information content (AvgIpc) is 2.55. The van der Waals surface area contributed by atoms with Crippen LogP contribution in [0.15, 0.2) is 60.7 Å². The van der Waals surface area contributed by atoms with Crippen LogP contribution in [0.1, 0.15) is 23.1 Å². The van der Waals surface area contributed by atoms with Crippen molar-refractivity contribution in [2.45, 2.75) is 12.0 Å². The van der Waals surface area contributed by atoms with Gasteiger partial charge >= 0.3 is 0 Å². The highest BCUT2D eigenvalue weighted by Crippen LogP contribution is 2.38. The fourth-order valence-corrected chi connectivity index (χ4v) is 3.31. The fourth-order valence-electron chi connectivity index (χ4n) is 2.69. The van der Waals surface area contributed by atoms with Crippen LogP contribution < -0.4 is 0 Å². The number of hydrogen-bond donors (Lipinski definition) is 1. The van der Waals surface area contributed by atoms with Gasteiger partial charge in [0.1, 0.15) is 12.0 Å². The Labute approximate surface area is 144 Å². The van der Waals surface area contributed by atoms with Gasteiger partial charge in [0, 0.05) is 15.6 Å². The molecule has 4 heteroatoms. The van der Waals surface area contributed by atoms with Gasteiger partial charge in [-0.2, -0.15) is 5.26 Å². The molecule has 2 atom stereocenters. The summed E-state index contributed by atoms with van der Waals surface area (Å²) >= 11 is 12.3. The summed E-state index contributed by atoms with van der Waals surface area (Å²) < 4.78 is 0. The molecule has 114 valence electrons. The van der Waals surface area contributed by atoms with Crippen LogP contribution in [0.4, 0.5) is 0 Å². The van der Waals surface area contributed by atoms with Gasteiger partial charge in [-0.3, -0.25) is 0 Å². The van der Waals surface area contributed by atoms with Crippen LogP contribution in [0.5, 0.6) is 0 Å². The van der Waals surface area contributed by atoms with Gasteiger partial charge in [-0.05, 0) is 34.5 Å². The quantitative estimate of drug-likeness (QED) is 0.684. The third kappa shape index (κ3) is 3.04. The molecule has 0 aliphatic rings. The number of hydrogen-bond acceptors (Lipinski definition) is 2. The monoisotopic (exact) mass is 341 g/mol. The molecule has 0 unspecified atom stereocenters. The van der Waals surface area contributed by atoms with E-state index in [-0.39, 0.29) is 0 Å². The van der Waals surface area contributed by atoms with Crippen molar-refractivity contribution in [3.63, 3.8) is 0 Å². The van der Waals surface area contributed by atoms with Crippen LogP contribution in [-0.2, 0) is 0 Å². The Morgan fingerprint density at radius 3 is 2.17 bits per heavy atom. The molecule has 0 bridgehead atoms. The zero-order chi connectivity index (χ0) is 16.4. The molecule has 1 N–H and O–H groups in total. The number of benzene rings is 3. The molecule has 23 heavy (non-hydrogen) atoms. The van der Waals surface area contributed by atoms with Gasteiger partial charge in [0.2, 0.25) is 0 Å². The van der Waals surface area contributed by atoms with Gasteiger partial charge in [-0.15, -0.1) is 0 Å². The summed E-state index contributed by atoms with van der Waals surface area (Å²) in [5.41, 5.74) is 1.12. The van der Waals surface area contributed by atoms with E-state index in [1.165, 1.54) is 0 Å². The summed E-state index contributed by atoms with van der Waals surface area (Å²) in [5.74, 6) is -0.753. The van der Waals surface area contributed by atoms with Crippen molar-refractivity contribution in [3.05, 3.63) is 81.8 Å². The molecule has 0 spiro atoms. The second kappa shape index (κ2) is 6.60. The van der Waals surface area contributed by atoms with Crippen LogP contribution in [0.25, 0.3) is 10.8 Å². The molecular weight excluding hydrogens is 329 g/mol. The van der Waals surface area contributed by atoms with Gasteiger partial charge < -0.3 is 5.11 Å². The maximum Gasteiger partial charge on any atom is 0.102 e. The molecule has 0 aliphatic heterocycles. The molecule has 0 radical (unpaired) electrons. The largest absolute Gasteiger partial charge is 0.387 e.